The zero-order valence-corrected chi connectivity index (χ0v) is 12.3. The van der Waals surface area contributed by atoms with Crippen LogP contribution in [-0.2, 0) is 9.53 Å². The van der Waals surface area contributed by atoms with Crippen molar-refractivity contribution >= 4 is 5.97 Å². The molecule has 2 rings (SSSR count). The van der Waals surface area contributed by atoms with Gasteiger partial charge in [-0.15, -0.1) is 0 Å². The third kappa shape index (κ3) is 3.51. The molecule has 1 aliphatic rings. The standard InChI is InChI=1S/C16H23NO3/c1-16(2,3)15(19)20-14-10-17-9-8-13(14)11-4-6-12(18)7-5-11/h4-7,13-14,17-18H,8-10H2,1-3H3. The second-order valence-corrected chi connectivity index (χ2v) is 6.38. The number of carbonyl (C=O) groups is 1. The molecule has 0 aliphatic carbocycles. The van der Waals surface area contributed by atoms with Crippen LogP contribution in [0.15, 0.2) is 24.3 Å². The Kier molecular flexibility index (Phi) is 4.33. The molecule has 1 aromatic rings. The quantitative estimate of drug-likeness (QED) is 0.815. The van der Waals surface area contributed by atoms with E-state index in [9.17, 15) is 9.90 Å². The van der Waals surface area contributed by atoms with Crippen LogP contribution < -0.4 is 5.32 Å². The van der Waals surface area contributed by atoms with Crippen molar-refractivity contribution in [3.63, 3.8) is 0 Å². The largest absolute Gasteiger partial charge is 0.508 e. The zero-order valence-electron chi connectivity index (χ0n) is 12.3. The molecule has 110 valence electrons. The van der Waals surface area contributed by atoms with Crippen LogP contribution in [-0.4, -0.2) is 30.3 Å². The number of nitrogens with one attached hydrogen (secondary N) is 1. The third-order valence-corrected chi connectivity index (χ3v) is 3.62. The Labute approximate surface area is 120 Å². The van der Waals surface area contributed by atoms with Crippen molar-refractivity contribution in [2.45, 2.75) is 39.2 Å². The highest BCUT2D eigenvalue weighted by molar-refractivity contribution is 5.75. The van der Waals surface area contributed by atoms with Gasteiger partial charge >= 0.3 is 5.97 Å². The molecule has 0 spiro atoms. The Morgan fingerprint density at radius 2 is 1.95 bits per heavy atom. The molecule has 2 unspecified atom stereocenters. The number of rotatable bonds is 2. The fourth-order valence-electron chi connectivity index (χ4n) is 2.37. The van der Waals surface area contributed by atoms with Crippen LogP contribution in [0.2, 0.25) is 0 Å². The lowest BCUT2D eigenvalue weighted by atomic mass is 9.87. The maximum atomic E-state index is 12.1. The van der Waals surface area contributed by atoms with Crippen molar-refractivity contribution in [2.75, 3.05) is 13.1 Å². The van der Waals surface area contributed by atoms with Gasteiger partial charge in [-0.2, -0.15) is 0 Å². The van der Waals surface area contributed by atoms with E-state index in [4.69, 9.17) is 4.74 Å². The first-order valence-electron chi connectivity index (χ1n) is 7.08. The van der Waals surface area contributed by atoms with E-state index in [1.807, 2.05) is 32.9 Å². The van der Waals surface area contributed by atoms with E-state index < -0.39 is 5.41 Å². The summed E-state index contributed by atoms with van der Waals surface area (Å²) < 4.78 is 5.69. The topological polar surface area (TPSA) is 58.6 Å². The van der Waals surface area contributed by atoms with E-state index in [1.165, 1.54) is 0 Å². The first kappa shape index (κ1) is 14.9. The predicted molar refractivity (Wildman–Crippen MR) is 77.7 cm³/mol. The predicted octanol–water partition coefficient (Wildman–Crippen LogP) is 2.43. The minimum atomic E-state index is -0.489. The molecule has 1 aliphatic heterocycles. The van der Waals surface area contributed by atoms with E-state index in [0.29, 0.717) is 6.54 Å². The lowest BCUT2D eigenvalue weighted by Crippen LogP contribution is -2.43. The van der Waals surface area contributed by atoms with Crippen LogP contribution >= 0.6 is 0 Å². The van der Waals surface area contributed by atoms with Crippen molar-refractivity contribution < 1.29 is 14.6 Å². The number of carbonyl (C=O) groups excluding carboxylic acids is 1. The first-order chi connectivity index (χ1) is 9.38. The summed E-state index contributed by atoms with van der Waals surface area (Å²) in [5.41, 5.74) is 0.618. The molecule has 1 saturated heterocycles. The van der Waals surface area contributed by atoms with Gasteiger partial charge in [-0.1, -0.05) is 12.1 Å². The number of hydrogen-bond acceptors (Lipinski definition) is 4. The van der Waals surface area contributed by atoms with Crippen LogP contribution in [0, 0.1) is 5.41 Å². The fraction of sp³-hybridized carbons (Fsp3) is 0.562. The van der Waals surface area contributed by atoms with Crippen molar-refractivity contribution in [3.05, 3.63) is 29.8 Å². The molecule has 2 N–H and O–H groups in total. The smallest absolute Gasteiger partial charge is 0.311 e. The first-order valence-corrected chi connectivity index (χ1v) is 7.08. The summed E-state index contributed by atoms with van der Waals surface area (Å²) in [6.45, 7) is 7.17. The van der Waals surface area contributed by atoms with Crippen LogP contribution in [0.5, 0.6) is 5.75 Å². The lowest BCUT2D eigenvalue weighted by Gasteiger charge is -2.33. The monoisotopic (exact) mass is 277 g/mol. The molecule has 0 radical (unpaired) electrons. The van der Waals surface area contributed by atoms with Crippen LogP contribution in [0.3, 0.4) is 0 Å². The molecule has 4 heteroatoms. The molecule has 0 saturated carbocycles. The number of piperidine rings is 1. The molecule has 0 bridgehead atoms. The maximum absolute atomic E-state index is 12.1. The van der Waals surface area contributed by atoms with Crippen molar-refractivity contribution in [1.82, 2.24) is 5.32 Å². The minimum Gasteiger partial charge on any atom is -0.508 e. The number of phenols is 1. The van der Waals surface area contributed by atoms with Crippen molar-refractivity contribution in [1.29, 1.82) is 0 Å². The molecule has 1 fully saturated rings. The fourth-order valence-corrected chi connectivity index (χ4v) is 2.37. The van der Waals surface area contributed by atoms with E-state index in [1.54, 1.807) is 12.1 Å². The van der Waals surface area contributed by atoms with Gasteiger partial charge in [-0.05, 0) is 51.4 Å². The van der Waals surface area contributed by atoms with Crippen LogP contribution in [0.4, 0.5) is 0 Å². The second-order valence-electron chi connectivity index (χ2n) is 6.38. The van der Waals surface area contributed by atoms with E-state index in [2.05, 4.69) is 5.32 Å². The number of phenolic OH excluding ortho intramolecular Hbond substituents is 1. The van der Waals surface area contributed by atoms with Gasteiger partial charge < -0.3 is 15.2 Å². The summed E-state index contributed by atoms with van der Waals surface area (Å²) in [4.78, 5) is 12.1. The van der Waals surface area contributed by atoms with Gasteiger partial charge in [0.1, 0.15) is 11.9 Å². The summed E-state index contributed by atoms with van der Waals surface area (Å²) in [5.74, 6) is 0.268. The number of benzene rings is 1. The van der Waals surface area contributed by atoms with Gasteiger partial charge in [0.05, 0.1) is 5.41 Å². The average Bonchev–Trinajstić information content (AvgIpc) is 2.39. The Balaban J connectivity index is 2.13. The molecule has 4 nitrogen and oxygen atoms in total. The van der Waals surface area contributed by atoms with Crippen LogP contribution in [0.1, 0.15) is 38.7 Å². The highest BCUT2D eigenvalue weighted by atomic mass is 16.5. The van der Waals surface area contributed by atoms with Gasteiger partial charge in [0, 0.05) is 12.5 Å². The Hall–Kier alpha value is -1.55. The van der Waals surface area contributed by atoms with E-state index in [-0.39, 0.29) is 23.7 Å². The van der Waals surface area contributed by atoms with Crippen LogP contribution in [0.25, 0.3) is 0 Å². The van der Waals surface area contributed by atoms with Gasteiger partial charge in [-0.3, -0.25) is 4.79 Å². The number of hydrogen-bond donors (Lipinski definition) is 2. The lowest BCUT2D eigenvalue weighted by molar-refractivity contribution is -0.160. The Bertz CT molecular complexity index is 462. The van der Waals surface area contributed by atoms with E-state index in [0.717, 1.165) is 18.5 Å². The summed E-state index contributed by atoms with van der Waals surface area (Å²) in [6.07, 6.45) is 0.771. The van der Waals surface area contributed by atoms with Gasteiger partial charge in [-0.25, -0.2) is 0 Å². The normalized spacial score (nSPS) is 23.4. The molecular formula is C16H23NO3. The molecule has 1 aromatic carbocycles. The third-order valence-electron chi connectivity index (χ3n) is 3.62. The van der Waals surface area contributed by atoms with E-state index >= 15 is 0 Å². The van der Waals surface area contributed by atoms with Crippen molar-refractivity contribution in [3.8, 4) is 5.75 Å². The number of aromatic hydroxyl groups is 1. The number of esters is 1. The highest BCUT2D eigenvalue weighted by Gasteiger charge is 2.33. The summed E-state index contributed by atoms with van der Waals surface area (Å²) in [7, 11) is 0. The Morgan fingerprint density at radius 3 is 2.55 bits per heavy atom. The summed E-state index contributed by atoms with van der Waals surface area (Å²) in [5, 5.41) is 12.7. The number of ether oxygens (including phenoxy) is 1. The summed E-state index contributed by atoms with van der Waals surface area (Å²) >= 11 is 0. The molecule has 1 heterocycles. The SMILES string of the molecule is CC(C)(C)C(=O)OC1CNCCC1c1ccc(O)cc1. The van der Waals surface area contributed by atoms with Gasteiger partial charge in [0.25, 0.3) is 0 Å². The van der Waals surface area contributed by atoms with Gasteiger partial charge in [0.15, 0.2) is 0 Å². The summed E-state index contributed by atoms with van der Waals surface area (Å²) in [6, 6.07) is 7.17. The van der Waals surface area contributed by atoms with Gasteiger partial charge in [0.2, 0.25) is 0 Å². The second kappa shape index (κ2) is 5.83. The minimum absolute atomic E-state index is 0.153. The molecule has 0 aromatic heterocycles. The molecule has 0 amide bonds. The zero-order chi connectivity index (χ0) is 14.8. The van der Waals surface area contributed by atoms with Crippen molar-refractivity contribution in [2.24, 2.45) is 5.41 Å². The Morgan fingerprint density at radius 1 is 1.30 bits per heavy atom. The molecule has 2 atom stereocenters. The maximum Gasteiger partial charge on any atom is 0.311 e. The molecular weight excluding hydrogens is 254 g/mol. The highest BCUT2D eigenvalue weighted by Crippen LogP contribution is 2.30. The average molecular weight is 277 g/mol. The molecule has 20 heavy (non-hydrogen) atoms.